The molecule has 0 bridgehead atoms. The number of hydrogen-bond acceptors (Lipinski definition) is 3. The van der Waals surface area contributed by atoms with E-state index in [1.165, 1.54) is 0 Å². The smallest absolute Gasteiger partial charge is 0.375 e. The highest BCUT2D eigenvalue weighted by molar-refractivity contribution is 7.13. The molecule has 14 heavy (non-hydrogen) atoms. The van der Waals surface area contributed by atoms with Gasteiger partial charge in [-0.15, -0.1) is 11.3 Å². The molecule has 80 valence electrons. The number of aromatic nitrogens is 1. The molecule has 1 rings (SSSR count). The first kappa shape index (κ1) is 11.2. The van der Waals surface area contributed by atoms with Gasteiger partial charge in [0.1, 0.15) is 0 Å². The minimum absolute atomic E-state index is 0.0297. The van der Waals surface area contributed by atoms with Crippen molar-refractivity contribution in [1.82, 2.24) is 4.98 Å². The molecule has 0 unspecified atom stereocenters. The molecule has 1 aromatic rings. The summed E-state index contributed by atoms with van der Waals surface area (Å²) in [6.45, 7) is 0. The lowest BCUT2D eigenvalue weighted by Gasteiger charge is -2.18. The lowest BCUT2D eigenvalue weighted by molar-refractivity contribution is -0.281. The molecule has 0 atom stereocenters. The molecule has 0 fully saturated rings. The van der Waals surface area contributed by atoms with Crippen LogP contribution in [0.1, 0.15) is 5.69 Å². The molecule has 1 heterocycles. The summed E-state index contributed by atoms with van der Waals surface area (Å²) in [6.07, 6.45) is -7.02. The third-order valence-electron chi connectivity index (χ3n) is 1.39. The van der Waals surface area contributed by atoms with Crippen LogP contribution in [0.3, 0.4) is 0 Å². The van der Waals surface area contributed by atoms with Crippen molar-refractivity contribution in [3.8, 4) is 0 Å². The molecule has 8 heteroatoms. The summed E-state index contributed by atoms with van der Waals surface area (Å²) >= 11 is 0.822. The summed E-state index contributed by atoms with van der Waals surface area (Å²) < 4.78 is 60.0. The van der Waals surface area contributed by atoms with E-state index >= 15 is 0 Å². The summed E-state index contributed by atoms with van der Waals surface area (Å²) in [5.41, 5.74) is 4.74. The summed E-state index contributed by atoms with van der Waals surface area (Å²) in [7, 11) is 0. The predicted molar refractivity (Wildman–Crippen MR) is 41.2 cm³/mol. The third kappa shape index (κ3) is 2.31. The van der Waals surface area contributed by atoms with Crippen LogP contribution < -0.4 is 5.73 Å². The van der Waals surface area contributed by atoms with Crippen molar-refractivity contribution in [3.05, 3.63) is 11.1 Å². The van der Waals surface area contributed by atoms with Crippen molar-refractivity contribution >= 4 is 16.5 Å². The van der Waals surface area contributed by atoms with Gasteiger partial charge in [-0.2, -0.15) is 22.0 Å². The number of rotatable bonds is 2. The minimum atomic E-state index is -5.55. The Morgan fingerprint density at radius 1 is 1.29 bits per heavy atom. The van der Waals surface area contributed by atoms with Crippen LogP contribution in [0, 0.1) is 0 Å². The zero-order valence-corrected chi connectivity index (χ0v) is 7.42. The maximum absolute atomic E-state index is 12.4. The molecule has 2 N–H and O–H groups in total. The fraction of sp³-hybridized carbons (Fsp3) is 0.500. The second-order valence-electron chi connectivity index (χ2n) is 2.56. The number of halogens is 5. The zero-order chi connectivity index (χ0) is 11.0. The summed E-state index contributed by atoms with van der Waals surface area (Å²) in [5, 5.41) is 1.05. The van der Waals surface area contributed by atoms with E-state index in [0.717, 1.165) is 16.7 Å². The lowest BCUT2D eigenvalue weighted by Crippen LogP contribution is -2.38. The van der Waals surface area contributed by atoms with Crippen molar-refractivity contribution in [2.24, 2.45) is 0 Å². The molecule has 0 aliphatic carbocycles. The largest absolute Gasteiger partial charge is 0.453 e. The molecule has 0 radical (unpaired) electrons. The van der Waals surface area contributed by atoms with Gasteiger partial charge in [0.25, 0.3) is 0 Å². The summed E-state index contributed by atoms with van der Waals surface area (Å²) in [4.78, 5) is 3.33. The first-order valence-corrected chi connectivity index (χ1v) is 4.25. The number of hydrogen-bond donors (Lipinski definition) is 1. The Labute approximate surface area is 79.6 Å². The van der Waals surface area contributed by atoms with Crippen LogP contribution in [0.15, 0.2) is 5.38 Å². The van der Waals surface area contributed by atoms with Gasteiger partial charge in [0.05, 0.1) is 12.1 Å². The molecule has 0 saturated heterocycles. The molecule has 0 aromatic carbocycles. The van der Waals surface area contributed by atoms with E-state index in [-0.39, 0.29) is 10.8 Å². The minimum Gasteiger partial charge on any atom is -0.375 e. The Hall–Kier alpha value is -0.920. The first-order chi connectivity index (χ1) is 6.22. The van der Waals surface area contributed by atoms with E-state index in [1.807, 2.05) is 0 Å². The van der Waals surface area contributed by atoms with E-state index in [0.29, 0.717) is 0 Å². The van der Waals surface area contributed by atoms with Crippen LogP contribution in [-0.2, 0) is 6.42 Å². The number of thiazole rings is 1. The molecule has 0 aliphatic heterocycles. The van der Waals surface area contributed by atoms with Crippen molar-refractivity contribution in [1.29, 1.82) is 0 Å². The van der Waals surface area contributed by atoms with E-state index in [2.05, 4.69) is 4.98 Å². The fourth-order valence-corrected chi connectivity index (χ4v) is 1.29. The van der Waals surface area contributed by atoms with E-state index in [1.54, 1.807) is 0 Å². The maximum Gasteiger partial charge on any atom is 0.453 e. The van der Waals surface area contributed by atoms with Gasteiger partial charge < -0.3 is 5.73 Å². The molecule has 0 saturated carbocycles. The van der Waals surface area contributed by atoms with E-state index in [9.17, 15) is 22.0 Å². The highest BCUT2D eigenvalue weighted by Crippen LogP contribution is 2.38. The second-order valence-corrected chi connectivity index (χ2v) is 3.45. The van der Waals surface area contributed by atoms with Gasteiger partial charge in [0.15, 0.2) is 5.13 Å². The number of anilines is 1. The van der Waals surface area contributed by atoms with Gasteiger partial charge in [-0.25, -0.2) is 4.98 Å². The third-order valence-corrected chi connectivity index (χ3v) is 2.11. The maximum atomic E-state index is 12.4. The van der Waals surface area contributed by atoms with Crippen LogP contribution >= 0.6 is 11.3 Å². The Morgan fingerprint density at radius 3 is 2.21 bits per heavy atom. The van der Waals surface area contributed by atoms with Crippen LogP contribution in [-0.4, -0.2) is 17.1 Å². The summed E-state index contributed by atoms with van der Waals surface area (Å²) in [5.74, 6) is -4.76. The van der Waals surface area contributed by atoms with Crippen LogP contribution in [0.2, 0.25) is 0 Å². The van der Waals surface area contributed by atoms with Crippen LogP contribution in [0.5, 0.6) is 0 Å². The van der Waals surface area contributed by atoms with Gasteiger partial charge in [0, 0.05) is 5.38 Å². The fourth-order valence-electron chi connectivity index (χ4n) is 0.732. The van der Waals surface area contributed by atoms with E-state index < -0.39 is 18.5 Å². The van der Waals surface area contributed by atoms with Gasteiger partial charge in [-0.3, -0.25) is 0 Å². The molecule has 0 amide bonds. The van der Waals surface area contributed by atoms with Gasteiger partial charge >= 0.3 is 12.1 Å². The normalized spacial score (nSPS) is 13.2. The second kappa shape index (κ2) is 3.34. The van der Waals surface area contributed by atoms with Crippen LogP contribution in [0.4, 0.5) is 27.1 Å². The zero-order valence-electron chi connectivity index (χ0n) is 6.61. The summed E-state index contributed by atoms with van der Waals surface area (Å²) in [6, 6.07) is 0. The van der Waals surface area contributed by atoms with Crippen molar-refractivity contribution < 1.29 is 22.0 Å². The average Bonchev–Trinajstić information content (AvgIpc) is 2.31. The van der Waals surface area contributed by atoms with Crippen molar-refractivity contribution in [2.45, 2.75) is 18.5 Å². The molecular formula is C6H5F5N2S. The number of alkyl halides is 5. The Balaban J connectivity index is 2.78. The molecular weight excluding hydrogens is 227 g/mol. The Kier molecular flexibility index (Phi) is 2.66. The highest BCUT2D eigenvalue weighted by Gasteiger charge is 2.57. The first-order valence-electron chi connectivity index (χ1n) is 3.37. The SMILES string of the molecule is Nc1nc(CC(F)(F)C(F)(F)F)cs1. The van der Waals surface area contributed by atoms with Gasteiger partial charge in [-0.1, -0.05) is 0 Å². The molecule has 0 spiro atoms. The highest BCUT2D eigenvalue weighted by atomic mass is 32.1. The lowest BCUT2D eigenvalue weighted by atomic mass is 10.2. The topological polar surface area (TPSA) is 38.9 Å². The van der Waals surface area contributed by atoms with E-state index in [4.69, 9.17) is 5.73 Å². The van der Waals surface area contributed by atoms with Gasteiger partial charge in [-0.05, 0) is 0 Å². The van der Waals surface area contributed by atoms with Crippen molar-refractivity contribution in [2.75, 3.05) is 5.73 Å². The average molecular weight is 232 g/mol. The molecule has 0 aliphatic rings. The monoisotopic (exact) mass is 232 g/mol. The Bertz CT molecular complexity index is 318. The standard InChI is InChI=1S/C6H5F5N2S/c7-5(8,6(9,10)11)1-3-2-14-4(12)13-3/h2H,1H2,(H2,12,13). The predicted octanol–water partition coefficient (Wildman–Crippen LogP) is 2.47. The molecule has 2 nitrogen and oxygen atoms in total. The number of nitrogen functional groups attached to an aromatic ring is 1. The quantitative estimate of drug-likeness (QED) is 0.795. The van der Waals surface area contributed by atoms with Crippen LogP contribution in [0.25, 0.3) is 0 Å². The Morgan fingerprint density at radius 2 is 1.86 bits per heavy atom. The molecule has 1 aromatic heterocycles. The number of nitrogens with zero attached hydrogens (tertiary/aromatic N) is 1. The number of nitrogens with two attached hydrogens (primary N) is 1. The van der Waals surface area contributed by atoms with Gasteiger partial charge in [0.2, 0.25) is 0 Å². The van der Waals surface area contributed by atoms with Crippen molar-refractivity contribution in [3.63, 3.8) is 0 Å².